The standard InChI is InChI=1S/C12H21N3O/c1-3-9-4-5-12(16-2)11(6-9)15-8-10(14)7-13/h4-6,10,15H,3,7-8,13-14H2,1-2H3. The highest BCUT2D eigenvalue weighted by Crippen LogP contribution is 2.25. The number of hydrogen-bond donors (Lipinski definition) is 3. The van der Waals surface area contributed by atoms with E-state index in [1.165, 1.54) is 5.56 Å². The van der Waals surface area contributed by atoms with Gasteiger partial charge in [0.15, 0.2) is 0 Å². The van der Waals surface area contributed by atoms with Crippen LogP contribution >= 0.6 is 0 Å². The summed E-state index contributed by atoms with van der Waals surface area (Å²) >= 11 is 0. The van der Waals surface area contributed by atoms with Crippen molar-refractivity contribution in [1.29, 1.82) is 0 Å². The van der Waals surface area contributed by atoms with Crippen molar-refractivity contribution in [3.8, 4) is 5.75 Å². The van der Waals surface area contributed by atoms with Gasteiger partial charge in [0.05, 0.1) is 12.8 Å². The Morgan fingerprint density at radius 1 is 1.44 bits per heavy atom. The highest BCUT2D eigenvalue weighted by Gasteiger charge is 2.05. The molecule has 0 aliphatic rings. The number of methoxy groups -OCH3 is 1. The van der Waals surface area contributed by atoms with E-state index in [9.17, 15) is 0 Å². The summed E-state index contributed by atoms with van der Waals surface area (Å²) in [4.78, 5) is 0. The van der Waals surface area contributed by atoms with Crippen molar-refractivity contribution in [3.05, 3.63) is 23.8 Å². The lowest BCUT2D eigenvalue weighted by atomic mass is 10.1. The Morgan fingerprint density at radius 2 is 2.19 bits per heavy atom. The second-order valence-corrected chi connectivity index (χ2v) is 3.76. The lowest BCUT2D eigenvalue weighted by Gasteiger charge is -2.15. The van der Waals surface area contributed by atoms with Gasteiger partial charge in [0.1, 0.15) is 5.75 Å². The van der Waals surface area contributed by atoms with Crippen LogP contribution in [0.5, 0.6) is 5.75 Å². The molecule has 0 bridgehead atoms. The maximum absolute atomic E-state index is 5.75. The Hall–Kier alpha value is -1.26. The number of ether oxygens (including phenoxy) is 1. The largest absolute Gasteiger partial charge is 0.495 e. The summed E-state index contributed by atoms with van der Waals surface area (Å²) in [5, 5.41) is 3.26. The minimum absolute atomic E-state index is 0.0324. The zero-order valence-corrected chi connectivity index (χ0v) is 9.99. The van der Waals surface area contributed by atoms with Crippen molar-refractivity contribution < 1.29 is 4.74 Å². The fourth-order valence-electron chi connectivity index (χ4n) is 1.44. The van der Waals surface area contributed by atoms with E-state index in [0.717, 1.165) is 17.9 Å². The van der Waals surface area contributed by atoms with Gasteiger partial charge < -0.3 is 21.5 Å². The number of benzene rings is 1. The van der Waals surface area contributed by atoms with E-state index in [4.69, 9.17) is 16.2 Å². The molecule has 0 aliphatic heterocycles. The molecular weight excluding hydrogens is 202 g/mol. The molecule has 0 heterocycles. The van der Waals surface area contributed by atoms with Crippen LogP contribution in [0.4, 0.5) is 5.69 Å². The molecule has 1 rings (SSSR count). The summed E-state index contributed by atoms with van der Waals surface area (Å²) in [6.45, 7) is 3.25. The van der Waals surface area contributed by atoms with Crippen LogP contribution in [-0.2, 0) is 6.42 Å². The molecule has 0 spiro atoms. The predicted molar refractivity (Wildman–Crippen MR) is 67.9 cm³/mol. The van der Waals surface area contributed by atoms with Crippen LogP contribution < -0.4 is 21.5 Å². The van der Waals surface area contributed by atoms with Gasteiger partial charge >= 0.3 is 0 Å². The van der Waals surface area contributed by atoms with E-state index >= 15 is 0 Å². The van der Waals surface area contributed by atoms with Gasteiger partial charge in [-0.05, 0) is 24.1 Å². The van der Waals surface area contributed by atoms with Gasteiger partial charge in [-0.1, -0.05) is 13.0 Å². The van der Waals surface area contributed by atoms with Gasteiger partial charge in [0.2, 0.25) is 0 Å². The molecule has 0 aromatic heterocycles. The second-order valence-electron chi connectivity index (χ2n) is 3.76. The maximum atomic E-state index is 5.75. The molecule has 0 amide bonds. The summed E-state index contributed by atoms with van der Waals surface area (Å²) in [5.41, 5.74) is 13.5. The van der Waals surface area contributed by atoms with E-state index < -0.39 is 0 Å². The Balaban J connectivity index is 2.75. The molecule has 0 radical (unpaired) electrons. The van der Waals surface area contributed by atoms with Crippen LogP contribution in [0.25, 0.3) is 0 Å². The van der Waals surface area contributed by atoms with Crippen LogP contribution in [0.3, 0.4) is 0 Å². The topological polar surface area (TPSA) is 73.3 Å². The zero-order valence-electron chi connectivity index (χ0n) is 9.99. The minimum Gasteiger partial charge on any atom is -0.495 e. The SMILES string of the molecule is CCc1ccc(OC)c(NCC(N)CN)c1. The molecule has 4 heteroatoms. The molecule has 1 unspecified atom stereocenters. The van der Waals surface area contributed by atoms with Crippen LogP contribution in [0.1, 0.15) is 12.5 Å². The first kappa shape index (κ1) is 12.8. The quantitative estimate of drug-likeness (QED) is 0.671. The highest BCUT2D eigenvalue weighted by molar-refractivity contribution is 5.58. The monoisotopic (exact) mass is 223 g/mol. The predicted octanol–water partition coefficient (Wildman–Crippen LogP) is 0.956. The van der Waals surface area contributed by atoms with Crippen molar-refractivity contribution in [3.63, 3.8) is 0 Å². The fourth-order valence-corrected chi connectivity index (χ4v) is 1.44. The molecule has 16 heavy (non-hydrogen) atoms. The first-order valence-electron chi connectivity index (χ1n) is 5.57. The highest BCUT2D eigenvalue weighted by atomic mass is 16.5. The maximum Gasteiger partial charge on any atom is 0.141 e. The van der Waals surface area contributed by atoms with E-state index in [1.807, 2.05) is 6.07 Å². The molecule has 0 saturated carbocycles. The summed E-state index contributed by atoms with van der Waals surface area (Å²) in [6.07, 6.45) is 1.00. The lowest BCUT2D eigenvalue weighted by Crippen LogP contribution is -2.36. The van der Waals surface area contributed by atoms with Crippen LogP contribution in [-0.4, -0.2) is 26.2 Å². The summed E-state index contributed by atoms with van der Waals surface area (Å²) in [7, 11) is 1.66. The Bertz CT molecular complexity index is 328. The smallest absolute Gasteiger partial charge is 0.141 e. The molecule has 0 fully saturated rings. The normalized spacial score (nSPS) is 12.2. The van der Waals surface area contributed by atoms with Crippen LogP contribution in [0, 0.1) is 0 Å². The van der Waals surface area contributed by atoms with E-state index in [0.29, 0.717) is 13.1 Å². The average Bonchev–Trinajstić information content (AvgIpc) is 2.35. The molecule has 1 aromatic carbocycles. The van der Waals surface area contributed by atoms with Crippen molar-refractivity contribution in [1.82, 2.24) is 0 Å². The Labute approximate surface area is 97.0 Å². The van der Waals surface area contributed by atoms with E-state index in [-0.39, 0.29) is 6.04 Å². The Kier molecular flexibility index (Phi) is 5.08. The first-order valence-corrected chi connectivity index (χ1v) is 5.57. The summed E-state index contributed by atoms with van der Waals surface area (Å²) < 4.78 is 5.28. The number of nitrogens with two attached hydrogens (primary N) is 2. The molecule has 4 nitrogen and oxygen atoms in total. The van der Waals surface area contributed by atoms with E-state index in [2.05, 4.69) is 24.4 Å². The van der Waals surface area contributed by atoms with Crippen molar-refractivity contribution in [2.45, 2.75) is 19.4 Å². The second kappa shape index (κ2) is 6.35. The third-order valence-corrected chi connectivity index (χ3v) is 2.53. The fraction of sp³-hybridized carbons (Fsp3) is 0.500. The van der Waals surface area contributed by atoms with Crippen molar-refractivity contribution in [2.75, 3.05) is 25.5 Å². The average molecular weight is 223 g/mol. The number of rotatable bonds is 6. The van der Waals surface area contributed by atoms with Gasteiger partial charge in [-0.2, -0.15) is 0 Å². The van der Waals surface area contributed by atoms with E-state index in [1.54, 1.807) is 7.11 Å². The zero-order chi connectivity index (χ0) is 12.0. The third-order valence-electron chi connectivity index (χ3n) is 2.53. The molecule has 0 aliphatic carbocycles. The van der Waals surface area contributed by atoms with Gasteiger partial charge in [-0.25, -0.2) is 0 Å². The number of nitrogens with one attached hydrogen (secondary N) is 1. The van der Waals surface area contributed by atoms with Crippen LogP contribution in [0.15, 0.2) is 18.2 Å². The molecule has 1 atom stereocenters. The third kappa shape index (κ3) is 3.40. The Morgan fingerprint density at radius 3 is 2.75 bits per heavy atom. The molecular formula is C12H21N3O. The van der Waals surface area contributed by atoms with Gasteiger partial charge in [-0.3, -0.25) is 0 Å². The number of aryl methyl sites for hydroxylation is 1. The molecule has 5 N–H and O–H groups in total. The minimum atomic E-state index is -0.0324. The molecule has 90 valence electrons. The van der Waals surface area contributed by atoms with Gasteiger partial charge in [-0.15, -0.1) is 0 Å². The first-order chi connectivity index (χ1) is 7.71. The van der Waals surface area contributed by atoms with Crippen LogP contribution in [0.2, 0.25) is 0 Å². The van der Waals surface area contributed by atoms with Crippen molar-refractivity contribution >= 4 is 5.69 Å². The number of anilines is 1. The lowest BCUT2D eigenvalue weighted by molar-refractivity contribution is 0.416. The summed E-state index contributed by atoms with van der Waals surface area (Å²) in [5.74, 6) is 0.835. The molecule has 1 aromatic rings. The van der Waals surface area contributed by atoms with Crippen molar-refractivity contribution in [2.24, 2.45) is 11.5 Å². The molecule has 0 saturated heterocycles. The van der Waals surface area contributed by atoms with Gasteiger partial charge in [0, 0.05) is 19.1 Å². The number of hydrogen-bond acceptors (Lipinski definition) is 4. The van der Waals surface area contributed by atoms with Gasteiger partial charge in [0.25, 0.3) is 0 Å². The summed E-state index contributed by atoms with van der Waals surface area (Å²) in [6, 6.07) is 6.08.